The molecule has 0 spiro atoms. The lowest BCUT2D eigenvalue weighted by molar-refractivity contribution is -0.127. The first-order valence-corrected chi connectivity index (χ1v) is 9.97. The van der Waals surface area contributed by atoms with Crippen molar-refractivity contribution in [3.05, 3.63) is 28.2 Å². The number of halogens is 1. The Morgan fingerprint density at radius 3 is 2.54 bits per heavy atom. The number of aromatic amines is 1. The molecule has 1 aliphatic carbocycles. The van der Waals surface area contributed by atoms with Crippen molar-refractivity contribution in [2.75, 3.05) is 13.1 Å². The van der Waals surface area contributed by atoms with E-state index < -0.39 is 6.04 Å². The number of rotatable bonds is 5. The van der Waals surface area contributed by atoms with E-state index in [-0.39, 0.29) is 41.5 Å². The maximum absolute atomic E-state index is 13.0. The van der Waals surface area contributed by atoms with Gasteiger partial charge in [-0.1, -0.05) is 19.3 Å². The molecule has 28 heavy (non-hydrogen) atoms. The normalized spacial score (nSPS) is 21.5. The van der Waals surface area contributed by atoms with Gasteiger partial charge in [0.25, 0.3) is 11.5 Å². The van der Waals surface area contributed by atoms with Crippen molar-refractivity contribution in [2.24, 2.45) is 11.7 Å². The molecule has 0 radical (unpaired) electrons. The lowest BCUT2D eigenvalue weighted by Gasteiger charge is -2.37. The quantitative estimate of drug-likeness (QED) is 0.672. The number of carbonyl (C=O) groups excluding carboxylic acids is 2. The number of piperidine rings is 1. The number of hydrogen-bond acceptors (Lipinski definition) is 5. The summed E-state index contributed by atoms with van der Waals surface area (Å²) in [6.07, 6.45) is 8.18. The SMILES string of the molecule is Cl.NCC(NC(=O)C1CCCCN1C(=O)c1ccc(=O)[nH]n1)C1CCCCC1. The maximum Gasteiger partial charge on any atom is 0.274 e. The van der Waals surface area contributed by atoms with Gasteiger partial charge in [0.1, 0.15) is 11.7 Å². The van der Waals surface area contributed by atoms with Crippen molar-refractivity contribution in [1.29, 1.82) is 0 Å². The summed E-state index contributed by atoms with van der Waals surface area (Å²) in [5, 5.41) is 9.21. The molecule has 1 aliphatic heterocycles. The van der Waals surface area contributed by atoms with Crippen LogP contribution in [0.4, 0.5) is 0 Å². The van der Waals surface area contributed by atoms with E-state index in [2.05, 4.69) is 15.5 Å². The summed E-state index contributed by atoms with van der Waals surface area (Å²) >= 11 is 0. The molecule has 0 aromatic carbocycles. The van der Waals surface area contributed by atoms with Crippen LogP contribution in [-0.2, 0) is 4.79 Å². The van der Waals surface area contributed by atoms with Gasteiger partial charge >= 0.3 is 0 Å². The molecule has 9 heteroatoms. The molecule has 1 aromatic rings. The molecule has 2 fully saturated rings. The molecule has 2 unspecified atom stereocenters. The fraction of sp³-hybridized carbons (Fsp3) is 0.684. The number of hydrogen-bond donors (Lipinski definition) is 3. The van der Waals surface area contributed by atoms with E-state index in [4.69, 9.17) is 5.73 Å². The molecule has 1 aromatic heterocycles. The van der Waals surface area contributed by atoms with Crippen molar-refractivity contribution in [1.82, 2.24) is 20.4 Å². The maximum atomic E-state index is 13.0. The van der Waals surface area contributed by atoms with Gasteiger partial charge < -0.3 is 16.0 Å². The second-order valence-electron chi connectivity index (χ2n) is 7.57. The van der Waals surface area contributed by atoms with E-state index in [0.717, 1.165) is 25.7 Å². The number of carbonyl (C=O) groups is 2. The number of nitrogens with one attached hydrogen (secondary N) is 2. The Bertz CT molecular complexity index is 699. The lowest BCUT2D eigenvalue weighted by Crippen LogP contribution is -2.56. The van der Waals surface area contributed by atoms with Crippen molar-refractivity contribution in [3.8, 4) is 0 Å². The van der Waals surface area contributed by atoms with Gasteiger partial charge in [-0.2, -0.15) is 5.10 Å². The van der Waals surface area contributed by atoms with Gasteiger partial charge in [-0.05, 0) is 44.1 Å². The molecule has 156 valence electrons. The summed E-state index contributed by atoms with van der Waals surface area (Å²) < 4.78 is 0. The van der Waals surface area contributed by atoms with Crippen LogP contribution >= 0.6 is 12.4 Å². The van der Waals surface area contributed by atoms with Gasteiger partial charge in [0.05, 0.1) is 0 Å². The van der Waals surface area contributed by atoms with E-state index in [9.17, 15) is 14.4 Å². The van der Waals surface area contributed by atoms with Crippen molar-refractivity contribution < 1.29 is 9.59 Å². The minimum Gasteiger partial charge on any atom is -0.350 e. The van der Waals surface area contributed by atoms with E-state index in [0.29, 0.717) is 25.4 Å². The summed E-state index contributed by atoms with van der Waals surface area (Å²) in [5.74, 6) is -0.0390. The second kappa shape index (κ2) is 10.6. The monoisotopic (exact) mass is 411 g/mol. The van der Waals surface area contributed by atoms with Crippen molar-refractivity contribution in [3.63, 3.8) is 0 Å². The number of aromatic nitrogens is 2. The van der Waals surface area contributed by atoms with Crippen LogP contribution in [0.15, 0.2) is 16.9 Å². The number of nitrogens with zero attached hydrogens (tertiary/aromatic N) is 2. The molecular formula is C19H30ClN5O3. The zero-order chi connectivity index (χ0) is 19.2. The lowest BCUT2D eigenvalue weighted by atomic mass is 9.83. The third kappa shape index (κ3) is 5.32. The van der Waals surface area contributed by atoms with Gasteiger partial charge in [-0.15, -0.1) is 12.4 Å². The Morgan fingerprint density at radius 2 is 1.89 bits per heavy atom. The second-order valence-corrected chi connectivity index (χ2v) is 7.57. The van der Waals surface area contributed by atoms with Crippen LogP contribution < -0.4 is 16.6 Å². The highest BCUT2D eigenvalue weighted by Gasteiger charge is 2.35. The Kier molecular flexibility index (Phi) is 8.44. The number of likely N-dealkylation sites (tertiary alicyclic amines) is 1. The summed E-state index contributed by atoms with van der Waals surface area (Å²) in [4.78, 5) is 38.5. The van der Waals surface area contributed by atoms with Crippen LogP contribution in [0.5, 0.6) is 0 Å². The molecular weight excluding hydrogens is 382 g/mol. The minimum absolute atomic E-state index is 0. The Balaban J connectivity index is 0.00000280. The predicted octanol–water partition coefficient (Wildman–Crippen LogP) is 1.21. The minimum atomic E-state index is -0.516. The highest BCUT2D eigenvalue weighted by Crippen LogP contribution is 2.27. The number of nitrogens with two attached hydrogens (primary N) is 1. The molecule has 4 N–H and O–H groups in total. The highest BCUT2D eigenvalue weighted by atomic mass is 35.5. The molecule has 8 nitrogen and oxygen atoms in total. The average molecular weight is 412 g/mol. The van der Waals surface area contributed by atoms with E-state index in [1.165, 1.54) is 31.4 Å². The molecule has 1 saturated heterocycles. The molecule has 1 saturated carbocycles. The molecule has 0 bridgehead atoms. The molecule has 2 atom stereocenters. The van der Waals surface area contributed by atoms with Gasteiger partial charge in [0.2, 0.25) is 5.91 Å². The van der Waals surface area contributed by atoms with E-state index in [1.807, 2.05) is 0 Å². The van der Waals surface area contributed by atoms with Crippen LogP contribution in [0.25, 0.3) is 0 Å². The number of H-pyrrole nitrogens is 1. The first-order chi connectivity index (χ1) is 13.1. The third-order valence-corrected chi connectivity index (χ3v) is 5.77. The molecule has 2 heterocycles. The first kappa shape index (κ1) is 22.4. The first-order valence-electron chi connectivity index (χ1n) is 9.97. The topological polar surface area (TPSA) is 121 Å². The van der Waals surface area contributed by atoms with Crippen molar-refractivity contribution >= 4 is 24.2 Å². The smallest absolute Gasteiger partial charge is 0.274 e. The zero-order valence-corrected chi connectivity index (χ0v) is 16.9. The number of amides is 2. The highest BCUT2D eigenvalue weighted by molar-refractivity contribution is 5.96. The van der Waals surface area contributed by atoms with Gasteiger partial charge in [0, 0.05) is 25.2 Å². The fourth-order valence-electron chi connectivity index (χ4n) is 4.24. The fourth-order valence-corrected chi connectivity index (χ4v) is 4.24. The van der Waals surface area contributed by atoms with Crippen LogP contribution in [0, 0.1) is 5.92 Å². The Morgan fingerprint density at radius 1 is 1.18 bits per heavy atom. The summed E-state index contributed by atoms with van der Waals surface area (Å²) in [7, 11) is 0. The molecule has 2 aliphatic rings. The zero-order valence-electron chi connectivity index (χ0n) is 16.1. The van der Waals surface area contributed by atoms with Crippen molar-refractivity contribution in [2.45, 2.75) is 63.5 Å². The van der Waals surface area contributed by atoms with Crippen LogP contribution in [0.1, 0.15) is 61.9 Å². The van der Waals surface area contributed by atoms with Gasteiger partial charge in [-0.25, -0.2) is 5.10 Å². The largest absolute Gasteiger partial charge is 0.350 e. The summed E-state index contributed by atoms with van der Waals surface area (Å²) in [6.45, 7) is 0.924. The molecule has 2 amide bonds. The van der Waals surface area contributed by atoms with Crippen LogP contribution in [0.2, 0.25) is 0 Å². The summed E-state index contributed by atoms with van der Waals surface area (Å²) in [5.41, 5.74) is 5.73. The third-order valence-electron chi connectivity index (χ3n) is 5.77. The summed E-state index contributed by atoms with van der Waals surface area (Å²) in [6, 6.07) is 2.11. The van der Waals surface area contributed by atoms with Gasteiger partial charge in [0.15, 0.2) is 0 Å². The molecule has 3 rings (SSSR count). The standard InChI is InChI=1S/C19H29N5O3.ClH/c20-12-15(13-6-2-1-3-7-13)21-18(26)16-8-4-5-11-24(16)19(27)14-9-10-17(25)23-22-14;/h9-10,13,15-16H,1-8,11-12,20H2,(H,21,26)(H,23,25);1H. The Hall–Kier alpha value is -1.93. The predicted molar refractivity (Wildman–Crippen MR) is 108 cm³/mol. The van der Waals surface area contributed by atoms with Gasteiger partial charge in [-0.3, -0.25) is 14.4 Å². The van der Waals surface area contributed by atoms with E-state index >= 15 is 0 Å². The average Bonchev–Trinajstić information content (AvgIpc) is 2.72. The van der Waals surface area contributed by atoms with E-state index in [1.54, 1.807) is 4.90 Å². The van der Waals surface area contributed by atoms with Crippen LogP contribution in [-0.4, -0.2) is 52.1 Å². The van der Waals surface area contributed by atoms with Crippen LogP contribution in [0.3, 0.4) is 0 Å². The Labute approximate surface area is 171 Å².